The molecule has 162 valence electrons. The summed E-state index contributed by atoms with van der Waals surface area (Å²) in [4.78, 5) is 35.7. The maximum Gasteiger partial charge on any atom is 0.359 e. The van der Waals surface area contributed by atoms with Gasteiger partial charge in [0, 0.05) is 23.6 Å². The standard InChI is InChI=1S/C23H20N4O5/c1-14-11-18(26-25-17-9-5-6-10-20(17)27(30)31)16-13-19(23(29)32-21(16)12-14)24-22(28)15-7-3-2-4-8-15/h2-10,13-14,25H,11-12H2,1H3,(H,24,28)/b26-18+. The van der Waals surface area contributed by atoms with Crippen molar-refractivity contribution in [2.24, 2.45) is 11.0 Å². The van der Waals surface area contributed by atoms with Crippen molar-refractivity contribution in [1.29, 1.82) is 0 Å². The van der Waals surface area contributed by atoms with Gasteiger partial charge in [-0.25, -0.2) is 4.79 Å². The maximum absolute atomic E-state index is 12.5. The molecule has 1 heterocycles. The summed E-state index contributed by atoms with van der Waals surface area (Å²) in [5.74, 6) is 0.190. The maximum atomic E-state index is 12.5. The van der Waals surface area contributed by atoms with Crippen molar-refractivity contribution in [3.8, 4) is 0 Å². The molecule has 0 aliphatic heterocycles. The molecule has 32 heavy (non-hydrogen) atoms. The number of carbonyl (C=O) groups excluding carboxylic acids is 1. The summed E-state index contributed by atoms with van der Waals surface area (Å²) < 4.78 is 5.50. The van der Waals surface area contributed by atoms with E-state index in [1.54, 1.807) is 54.6 Å². The monoisotopic (exact) mass is 432 g/mol. The Labute approximate surface area is 182 Å². The van der Waals surface area contributed by atoms with Crippen LogP contribution in [0.2, 0.25) is 0 Å². The number of nitrogens with zero attached hydrogens (tertiary/aromatic N) is 2. The number of hydrogen-bond acceptors (Lipinski definition) is 7. The van der Waals surface area contributed by atoms with Gasteiger partial charge < -0.3 is 9.73 Å². The summed E-state index contributed by atoms with van der Waals surface area (Å²) in [7, 11) is 0. The lowest BCUT2D eigenvalue weighted by Crippen LogP contribution is -2.25. The fourth-order valence-electron chi connectivity index (χ4n) is 3.56. The van der Waals surface area contributed by atoms with E-state index >= 15 is 0 Å². The van der Waals surface area contributed by atoms with Gasteiger partial charge in [-0.15, -0.1) is 0 Å². The minimum atomic E-state index is -0.645. The number of nitro groups is 1. The van der Waals surface area contributed by atoms with Gasteiger partial charge in [0.05, 0.1) is 10.6 Å². The van der Waals surface area contributed by atoms with Crippen molar-refractivity contribution in [1.82, 2.24) is 0 Å². The van der Waals surface area contributed by atoms with E-state index in [1.807, 2.05) is 6.92 Å². The molecule has 9 nitrogen and oxygen atoms in total. The van der Waals surface area contributed by atoms with Crippen LogP contribution in [0.3, 0.4) is 0 Å². The van der Waals surface area contributed by atoms with E-state index in [2.05, 4.69) is 15.8 Å². The third kappa shape index (κ3) is 4.41. The molecular weight excluding hydrogens is 412 g/mol. The Balaban J connectivity index is 1.67. The largest absolute Gasteiger partial charge is 0.426 e. The highest BCUT2D eigenvalue weighted by Gasteiger charge is 2.26. The zero-order chi connectivity index (χ0) is 22.7. The number of anilines is 2. The fraction of sp³-hybridized carbons (Fsp3) is 0.174. The van der Waals surface area contributed by atoms with Gasteiger partial charge in [0.15, 0.2) is 0 Å². The number of hydrogen-bond donors (Lipinski definition) is 2. The topological polar surface area (TPSA) is 127 Å². The van der Waals surface area contributed by atoms with E-state index in [0.717, 1.165) is 0 Å². The fourth-order valence-corrected chi connectivity index (χ4v) is 3.56. The first-order valence-electron chi connectivity index (χ1n) is 10.0. The van der Waals surface area contributed by atoms with Crippen molar-refractivity contribution >= 4 is 28.7 Å². The Kier molecular flexibility index (Phi) is 5.80. The van der Waals surface area contributed by atoms with E-state index in [1.165, 1.54) is 6.07 Å². The molecule has 3 aromatic rings. The van der Waals surface area contributed by atoms with E-state index < -0.39 is 16.5 Å². The average Bonchev–Trinajstić information content (AvgIpc) is 2.79. The molecule has 1 atom stereocenters. The number of rotatable bonds is 5. The number of nitro benzene ring substituents is 1. The Morgan fingerprint density at radius 1 is 1.09 bits per heavy atom. The first kappa shape index (κ1) is 21.0. The minimum Gasteiger partial charge on any atom is -0.426 e. The van der Waals surface area contributed by atoms with Gasteiger partial charge in [-0.1, -0.05) is 37.3 Å². The Bertz CT molecular complexity index is 1270. The van der Waals surface area contributed by atoms with Crippen LogP contribution < -0.4 is 16.4 Å². The predicted octanol–water partition coefficient (Wildman–Crippen LogP) is 4.20. The van der Waals surface area contributed by atoms with E-state index in [-0.39, 0.29) is 23.0 Å². The van der Waals surface area contributed by atoms with Crippen LogP contribution in [-0.4, -0.2) is 16.5 Å². The molecule has 2 N–H and O–H groups in total. The lowest BCUT2D eigenvalue weighted by atomic mass is 9.87. The van der Waals surface area contributed by atoms with Crippen molar-refractivity contribution in [2.45, 2.75) is 19.8 Å². The third-order valence-electron chi connectivity index (χ3n) is 5.11. The first-order valence-corrected chi connectivity index (χ1v) is 10.0. The Hall–Kier alpha value is -4.27. The van der Waals surface area contributed by atoms with Crippen LogP contribution in [0.5, 0.6) is 0 Å². The van der Waals surface area contributed by atoms with E-state index in [4.69, 9.17) is 4.42 Å². The molecule has 1 amide bonds. The highest BCUT2D eigenvalue weighted by Crippen LogP contribution is 2.28. The second-order valence-corrected chi connectivity index (χ2v) is 7.56. The van der Waals surface area contributed by atoms with Gasteiger partial charge in [-0.05, 0) is 36.6 Å². The number of hydrazone groups is 1. The van der Waals surface area contributed by atoms with Crippen LogP contribution in [0.15, 0.2) is 75.0 Å². The number of amides is 1. The Morgan fingerprint density at radius 3 is 2.56 bits per heavy atom. The summed E-state index contributed by atoms with van der Waals surface area (Å²) in [5, 5.41) is 18.2. The van der Waals surface area contributed by atoms with Gasteiger partial charge in [0.25, 0.3) is 11.6 Å². The quantitative estimate of drug-likeness (QED) is 0.460. The Morgan fingerprint density at radius 2 is 1.81 bits per heavy atom. The smallest absolute Gasteiger partial charge is 0.359 e. The van der Waals surface area contributed by atoms with Crippen LogP contribution in [-0.2, 0) is 6.42 Å². The molecule has 0 saturated heterocycles. The highest BCUT2D eigenvalue weighted by atomic mass is 16.6. The van der Waals surface area contributed by atoms with Crippen LogP contribution in [0.25, 0.3) is 0 Å². The molecule has 2 aromatic carbocycles. The van der Waals surface area contributed by atoms with E-state index in [0.29, 0.717) is 35.4 Å². The summed E-state index contributed by atoms with van der Waals surface area (Å²) >= 11 is 0. The van der Waals surface area contributed by atoms with Crippen molar-refractivity contribution in [2.75, 3.05) is 10.7 Å². The summed E-state index contributed by atoms with van der Waals surface area (Å²) in [5.41, 5.74) is 3.84. The molecule has 1 aromatic heterocycles. The third-order valence-corrected chi connectivity index (χ3v) is 5.11. The lowest BCUT2D eigenvalue weighted by Gasteiger charge is -2.22. The number of fused-ring (bicyclic) bond motifs is 1. The molecule has 9 heteroatoms. The first-order chi connectivity index (χ1) is 15.4. The summed E-state index contributed by atoms with van der Waals surface area (Å²) in [6.45, 7) is 1.99. The normalized spacial score (nSPS) is 16.3. The predicted molar refractivity (Wildman–Crippen MR) is 120 cm³/mol. The molecule has 1 aliphatic carbocycles. The van der Waals surface area contributed by atoms with Gasteiger partial charge in [-0.2, -0.15) is 5.10 Å². The number of nitrogens with one attached hydrogen (secondary N) is 2. The zero-order valence-corrected chi connectivity index (χ0v) is 17.2. The zero-order valence-electron chi connectivity index (χ0n) is 17.2. The average molecular weight is 432 g/mol. The molecule has 0 saturated carbocycles. The molecular formula is C23H20N4O5. The van der Waals surface area contributed by atoms with Gasteiger partial charge >= 0.3 is 5.63 Å². The van der Waals surface area contributed by atoms with Crippen LogP contribution in [0.1, 0.15) is 35.0 Å². The van der Waals surface area contributed by atoms with Gasteiger partial charge in [0.1, 0.15) is 17.1 Å². The molecule has 0 fully saturated rings. The van der Waals surface area contributed by atoms with Crippen molar-refractivity contribution < 1.29 is 14.1 Å². The van der Waals surface area contributed by atoms with Crippen LogP contribution in [0.4, 0.5) is 17.1 Å². The summed E-state index contributed by atoms with van der Waals surface area (Å²) in [6, 6.07) is 16.3. The molecule has 1 aliphatic rings. The molecule has 0 spiro atoms. The molecule has 0 bridgehead atoms. The SMILES string of the molecule is CC1C/C(=N\Nc2ccccc2[N+](=O)[O-])c2cc(NC(=O)c3ccccc3)c(=O)oc2C1. The molecule has 4 rings (SSSR count). The number of para-hydroxylation sites is 2. The summed E-state index contributed by atoms with van der Waals surface area (Å²) in [6.07, 6.45) is 1.11. The second kappa shape index (κ2) is 8.84. The molecule has 1 unspecified atom stereocenters. The van der Waals surface area contributed by atoms with Crippen molar-refractivity contribution in [3.05, 3.63) is 98.1 Å². The number of carbonyl (C=O) groups is 1. The van der Waals surface area contributed by atoms with Crippen molar-refractivity contribution in [3.63, 3.8) is 0 Å². The van der Waals surface area contributed by atoms with Gasteiger partial charge in [-0.3, -0.25) is 20.3 Å². The lowest BCUT2D eigenvalue weighted by molar-refractivity contribution is -0.384. The molecule has 0 radical (unpaired) electrons. The van der Waals surface area contributed by atoms with Crippen LogP contribution in [0, 0.1) is 16.0 Å². The minimum absolute atomic E-state index is 0.00514. The van der Waals surface area contributed by atoms with Crippen LogP contribution >= 0.6 is 0 Å². The number of benzene rings is 2. The van der Waals surface area contributed by atoms with Gasteiger partial charge in [0.2, 0.25) is 0 Å². The second-order valence-electron chi connectivity index (χ2n) is 7.56. The highest BCUT2D eigenvalue weighted by molar-refractivity contribution is 6.06. The van der Waals surface area contributed by atoms with E-state index in [9.17, 15) is 19.7 Å².